The fourth-order valence-electron chi connectivity index (χ4n) is 7.02. The smallest absolute Gasteiger partial charge is 0.240 e. The van der Waals surface area contributed by atoms with E-state index in [0.29, 0.717) is 11.3 Å². The second-order valence-corrected chi connectivity index (χ2v) is 9.56. The molecule has 0 aromatic heterocycles. The summed E-state index contributed by atoms with van der Waals surface area (Å²) in [4.78, 5) is 45.5. The van der Waals surface area contributed by atoms with Crippen LogP contribution in [0.5, 0.6) is 0 Å². The van der Waals surface area contributed by atoms with Crippen LogP contribution >= 0.6 is 0 Å². The van der Waals surface area contributed by atoms with Gasteiger partial charge in [-0.1, -0.05) is 54.1 Å². The van der Waals surface area contributed by atoms with Crippen LogP contribution in [0.3, 0.4) is 0 Å². The molecule has 3 aliphatic heterocycles. The predicted molar refractivity (Wildman–Crippen MR) is 120 cm³/mol. The van der Waals surface area contributed by atoms with Crippen LogP contribution in [-0.2, 0) is 15.1 Å². The Balaban J connectivity index is 1.48. The van der Waals surface area contributed by atoms with Crippen molar-refractivity contribution in [3.05, 3.63) is 77.4 Å². The predicted octanol–water partition coefficient (Wildman–Crippen LogP) is 3.82. The highest BCUT2D eigenvalue weighted by Gasteiger charge is 2.74. The molecule has 0 saturated carbocycles. The minimum absolute atomic E-state index is 0.0180. The van der Waals surface area contributed by atoms with Gasteiger partial charge in [-0.05, 0) is 54.8 Å². The standard InChI is InChI=1S/C27H22N2O3/c1-15-10-12-17(13-11-15)29-25(31)22-20-9-4-14-28(20)27(23(22)26(29)32)19-8-3-6-16-5-2-7-18(21(16)19)24(27)30/h2-3,5-8,10-13,20,22-23H,4,9,14H2,1H3/t20-,22+,23-,27+/m0/s1. The van der Waals surface area contributed by atoms with Crippen LogP contribution in [-0.4, -0.2) is 35.1 Å². The Morgan fingerprint density at radius 3 is 2.44 bits per heavy atom. The van der Waals surface area contributed by atoms with Gasteiger partial charge < -0.3 is 0 Å². The van der Waals surface area contributed by atoms with Crippen molar-refractivity contribution >= 4 is 34.1 Å². The first-order valence-corrected chi connectivity index (χ1v) is 11.3. The molecule has 3 heterocycles. The number of ketones is 1. The molecular weight excluding hydrogens is 400 g/mol. The number of anilines is 1. The normalized spacial score (nSPS) is 30.7. The van der Waals surface area contributed by atoms with Crippen molar-refractivity contribution in [2.45, 2.75) is 31.3 Å². The van der Waals surface area contributed by atoms with E-state index in [1.165, 1.54) is 4.90 Å². The van der Waals surface area contributed by atoms with E-state index >= 15 is 0 Å². The van der Waals surface area contributed by atoms with E-state index in [4.69, 9.17) is 0 Å². The first kappa shape index (κ1) is 18.3. The van der Waals surface area contributed by atoms with Gasteiger partial charge in [0.05, 0.1) is 17.5 Å². The molecule has 2 amide bonds. The molecule has 3 aromatic rings. The third-order valence-corrected chi connectivity index (χ3v) is 8.17. The van der Waals surface area contributed by atoms with Gasteiger partial charge in [0.15, 0.2) is 5.78 Å². The number of aryl methyl sites for hydroxylation is 1. The van der Waals surface area contributed by atoms with E-state index in [2.05, 4.69) is 4.90 Å². The lowest BCUT2D eigenvalue weighted by Gasteiger charge is -2.38. The molecule has 0 N–H and O–H groups in total. The highest BCUT2D eigenvalue weighted by molar-refractivity contribution is 6.28. The largest absolute Gasteiger partial charge is 0.292 e. The number of amides is 2. The third-order valence-electron chi connectivity index (χ3n) is 8.17. The van der Waals surface area contributed by atoms with Crippen LogP contribution < -0.4 is 4.90 Å². The van der Waals surface area contributed by atoms with Crippen molar-refractivity contribution in [3.63, 3.8) is 0 Å². The highest BCUT2D eigenvalue weighted by Crippen LogP contribution is 2.61. The van der Waals surface area contributed by atoms with E-state index in [1.807, 2.05) is 67.6 Å². The summed E-state index contributed by atoms with van der Waals surface area (Å²) in [7, 11) is 0. The Morgan fingerprint density at radius 2 is 1.66 bits per heavy atom. The van der Waals surface area contributed by atoms with Crippen LogP contribution in [0.1, 0.15) is 34.3 Å². The van der Waals surface area contributed by atoms with Gasteiger partial charge >= 0.3 is 0 Å². The zero-order valence-corrected chi connectivity index (χ0v) is 17.7. The van der Waals surface area contributed by atoms with Gasteiger partial charge in [0, 0.05) is 11.6 Å². The summed E-state index contributed by atoms with van der Waals surface area (Å²) in [6.45, 7) is 2.71. The van der Waals surface area contributed by atoms with E-state index in [1.54, 1.807) is 0 Å². The summed E-state index contributed by atoms with van der Waals surface area (Å²) in [5, 5.41) is 1.96. The molecule has 4 aliphatic rings. The molecule has 4 atom stereocenters. The molecule has 7 rings (SSSR count). The number of nitrogens with zero attached hydrogens (tertiary/aromatic N) is 2. The Bertz CT molecular complexity index is 1360. The number of carbonyl (C=O) groups is 3. The van der Waals surface area contributed by atoms with Crippen LogP contribution in [0.2, 0.25) is 0 Å². The van der Waals surface area contributed by atoms with Gasteiger partial charge in [0.25, 0.3) is 0 Å². The van der Waals surface area contributed by atoms with E-state index in [0.717, 1.165) is 41.3 Å². The maximum Gasteiger partial charge on any atom is 0.240 e. The van der Waals surface area contributed by atoms with Crippen molar-refractivity contribution in [1.29, 1.82) is 0 Å². The van der Waals surface area contributed by atoms with Gasteiger partial charge in [0.2, 0.25) is 11.8 Å². The lowest BCUT2D eigenvalue weighted by atomic mass is 9.74. The van der Waals surface area contributed by atoms with Crippen LogP contribution in [0, 0.1) is 18.8 Å². The minimum atomic E-state index is -1.08. The molecule has 3 fully saturated rings. The maximum atomic E-state index is 14.2. The molecule has 5 heteroatoms. The van der Waals surface area contributed by atoms with Gasteiger partial charge in [0.1, 0.15) is 5.54 Å². The molecule has 158 valence electrons. The number of benzene rings is 3. The van der Waals surface area contributed by atoms with Crippen LogP contribution in [0.25, 0.3) is 10.8 Å². The molecule has 32 heavy (non-hydrogen) atoms. The Hall–Kier alpha value is -3.31. The number of imide groups is 1. The lowest BCUT2D eigenvalue weighted by molar-refractivity contribution is -0.124. The number of Topliss-reactive ketones (excluding diaryl/α,β-unsaturated/α-hetero) is 1. The molecule has 0 bridgehead atoms. The molecule has 1 spiro atoms. The van der Waals surface area contributed by atoms with Crippen molar-refractivity contribution in [2.75, 3.05) is 11.4 Å². The van der Waals surface area contributed by atoms with E-state index in [9.17, 15) is 14.4 Å². The number of hydrogen-bond acceptors (Lipinski definition) is 4. The summed E-state index contributed by atoms with van der Waals surface area (Å²) in [5.41, 5.74) is 2.17. The lowest BCUT2D eigenvalue weighted by Crippen LogP contribution is -2.53. The molecule has 0 unspecified atom stereocenters. The molecule has 3 saturated heterocycles. The van der Waals surface area contributed by atoms with Crippen molar-refractivity contribution in [2.24, 2.45) is 11.8 Å². The molecule has 5 nitrogen and oxygen atoms in total. The van der Waals surface area contributed by atoms with Crippen LogP contribution in [0.4, 0.5) is 5.69 Å². The zero-order chi connectivity index (χ0) is 21.8. The van der Waals surface area contributed by atoms with Gasteiger partial charge in [-0.15, -0.1) is 0 Å². The summed E-state index contributed by atoms with van der Waals surface area (Å²) in [6, 6.07) is 19.2. The summed E-state index contributed by atoms with van der Waals surface area (Å²) in [5.74, 6) is -1.59. The Labute approximate surface area is 185 Å². The van der Waals surface area contributed by atoms with Crippen LogP contribution in [0.15, 0.2) is 60.7 Å². The van der Waals surface area contributed by atoms with Gasteiger partial charge in [-0.25, -0.2) is 4.90 Å². The van der Waals surface area contributed by atoms with E-state index < -0.39 is 17.4 Å². The highest BCUT2D eigenvalue weighted by atomic mass is 16.2. The summed E-state index contributed by atoms with van der Waals surface area (Å²) < 4.78 is 0. The van der Waals surface area contributed by atoms with Crippen molar-refractivity contribution < 1.29 is 14.4 Å². The van der Waals surface area contributed by atoms with Gasteiger partial charge in [-0.2, -0.15) is 0 Å². The Kier molecular flexibility index (Phi) is 3.39. The first-order chi connectivity index (χ1) is 15.5. The number of rotatable bonds is 1. The maximum absolute atomic E-state index is 14.2. The second-order valence-electron chi connectivity index (χ2n) is 9.56. The summed E-state index contributed by atoms with van der Waals surface area (Å²) in [6.07, 6.45) is 1.77. The molecule has 3 aromatic carbocycles. The average molecular weight is 422 g/mol. The quantitative estimate of drug-likeness (QED) is 0.560. The second kappa shape index (κ2) is 5.93. The summed E-state index contributed by atoms with van der Waals surface area (Å²) >= 11 is 0. The number of hydrogen-bond donors (Lipinski definition) is 0. The molecule has 1 aliphatic carbocycles. The fraction of sp³-hybridized carbons (Fsp3) is 0.296. The van der Waals surface area contributed by atoms with Gasteiger partial charge in [-0.3, -0.25) is 19.3 Å². The third kappa shape index (κ3) is 1.88. The average Bonchev–Trinajstić information content (AvgIpc) is 3.50. The topological polar surface area (TPSA) is 57.7 Å². The zero-order valence-electron chi connectivity index (χ0n) is 17.7. The molecule has 0 radical (unpaired) electrons. The van der Waals surface area contributed by atoms with E-state index in [-0.39, 0.29) is 23.6 Å². The molecular formula is C27H22N2O3. The number of fused-ring (bicyclic) bond motifs is 6. The monoisotopic (exact) mass is 422 g/mol. The minimum Gasteiger partial charge on any atom is -0.292 e. The fourth-order valence-corrected chi connectivity index (χ4v) is 7.02. The van der Waals surface area contributed by atoms with Crippen molar-refractivity contribution in [1.82, 2.24) is 4.90 Å². The number of carbonyl (C=O) groups excluding carboxylic acids is 3. The SMILES string of the molecule is Cc1ccc(N2C(=O)[C@H]3[C@@H](C2=O)[C@]2(C(=O)c4cccc5cccc2c45)N2CCC[C@@H]32)cc1. The Morgan fingerprint density at radius 1 is 0.906 bits per heavy atom. The van der Waals surface area contributed by atoms with Crippen molar-refractivity contribution in [3.8, 4) is 0 Å². The first-order valence-electron chi connectivity index (χ1n) is 11.3.